The summed E-state index contributed by atoms with van der Waals surface area (Å²) in [6, 6.07) is 9.90. The average Bonchev–Trinajstić information content (AvgIpc) is 2.93. The molecule has 0 radical (unpaired) electrons. The van der Waals surface area contributed by atoms with Gasteiger partial charge in [-0.15, -0.1) is 0 Å². The number of carbonyl (C=O) groups is 1. The molecular formula is C18H17NO. The number of pyridine rings is 1. The van der Waals surface area contributed by atoms with Gasteiger partial charge in [-0.25, -0.2) is 0 Å². The van der Waals surface area contributed by atoms with E-state index in [0.717, 1.165) is 28.3 Å². The molecule has 2 aromatic rings. The van der Waals surface area contributed by atoms with E-state index >= 15 is 0 Å². The molecule has 1 aromatic carbocycles. The first-order valence-corrected chi connectivity index (χ1v) is 7.72. The maximum absolute atomic E-state index is 12.9. The summed E-state index contributed by atoms with van der Waals surface area (Å²) in [5.41, 5.74) is 1.83. The highest BCUT2D eigenvalue weighted by Gasteiger charge is 2.67. The van der Waals surface area contributed by atoms with E-state index in [1.165, 1.54) is 19.3 Å². The van der Waals surface area contributed by atoms with E-state index in [2.05, 4.69) is 4.98 Å². The SMILES string of the molecule is O=C(c1cccc2ncccc12)C1C2C3CCC(C3)C12. The van der Waals surface area contributed by atoms with Gasteiger partial charge >= 0.3 is 0 Å². The summed E-state index contributed by atoms with van der Waals surface area (Å²) in [6.45, 7) is 0. The molecule has 3 saturated carbocycles. The van der Waals surface area contributed by atoms with Crippen molar-refractivity contribution in [1.82, 2.24) is 4.98 Å². The monoisotopic (exact) mass is 263 g/mol. The smallest absolute Gasteiger partial charge is 0.167 e. The Morgan fingerprint density at radius 1 is 1.05 bits per heavy atom. The minimum Gasteiger partial charge on any atom is -0.294 e. The van der Waals surface area contributed by atoms with Crippen molar-refractivity contribution in [3.05, 3.63) is 42.1 Å². The lowest BCUT2D eigenvalue weighted by atomic mass is 9.94. The Hall–Kier alpha value is -1.70. The fourth-order valence-corrected chi connectivity index (χ4v) is 5.17. The number of fused-ring (bicyclic) bond motifs is 6. The molecule has 2 heteroatoms. The molecule has 0 spiro atoms. The van der Waals surface area contributed by atoms with Crippen LogP contribution in [0.15, 0.2) is 36.5 Å². The molecule has 3 fully saturated rings. The Balaban J connectivity index is 1.55. The molecule has 4 unspecified atom stereocenters. The van der Waals surface area contributed by atoms with Crippen LogP contribution >= 0.6 is 0 Å². The van der Waals surface area contributed by atoms with Crippen molar-refractivity contribution < 1.29 is 4.79 Å². The number of rotatable bonds is 2. The quantitative estimate of drug-likeness (QED) is 0.773. The first kappa shape index (κ1) is 11.0. The summed E-state index contributed by atoms with van der Waals surface area (Å²) in [6.07, 6.45) is 5.93. The Morgan fingerprint density at radius 3 is 2.65 bits per heavy atom. The van der Waals surface area contributed by atoms with Crippen molar-refractivity contribution in [2.45, 2.75) is 19.3 Å². The molecule has 5 rings (SSSR count). The fraction of sp³-hybridized carbons (Fsp3) is 0.444. The summed E-state index contributed by atoms with van der Waals surface area (Å²) in [4.78, 5) is 17.3. The van der Waals surface area contributed by atoms with E-state index in [0.29, 0.717) is 23.5 Å². The number of hydrogen-bond acceptors (Lipinski definition) is 2. The number of hydrogen-bond donors (Lipinski definition) is 0. The lowest BCUT2D eigenvalue weighted by molar-refractivity contribution is 0.0946. The predicted octanol–water partition coefficient (Wildman–Crippen LogP) is 3.71. The van der Waals surface area contributed by atoms with Crippen LogP contribution in [0.4, 0.5) is 0 Å². The van der Waals surface area contributed by atoms with Crippen LogP contribution in [0, 0.1) is 29.6 Å². The minimum atomic E-state index is 0.326. The van der Waals surface area contributed by atoms with E-state index in [9.17, 15) is 4.79 Å². The van der Waals surface area contributed by atoms with Crippen molar-refractivity contribution in [3.63, 3.8) is 0 Å². The van der Waals surface area contributed by atoms with Gasteiger partial charge in [-0.1, -0.05) is 18.2 Å². The second-order valence-corrected chi connectivity index (χ2v) is 6.75. The minimum absolute atomic E-state index is 0.326. The highest BCUT2D eigenvalue weighted by molar-refractivity contribution is 6.09. The average molecular weight is 263 g/mol. The summed E-state index contributed by atoms with van der Waals surface area (Å²) >= 11 is 0. The van der Waals surface area contributed by atoms with Crippen LogP contribution in [0.25, 0.3) is 10.9 Å². The van der Waals surface area contributed by atoms with Crippen molar-refractivity contribution in [2.75, 3.05) is 0 Å². The fourth-order valence-electron chi connectivity index (χ4n) is 5.17. The van der Waals surface area contributed by atoms with Gasteiger partial charge in [-0.05, 0) is 55.1 Å². The lowest BCUT2D eigenvalue weighted by Gasteiger charge is -2.09. The number of Topliss-reactive ketones (excluding diaryl/α,β-unsaturated/α-hetero) is 1. The van der Waals surface area contributed by atoms with Gasteiger partial charge in [0.15, 0.2) is 5.78 Å². The molecule has 0 aliphatic heterocycles. The van der Waals surface area contributed by atoms with Crippen LogP contribution in [-0.2, 0) is 0 Å². The van der Waals surface area contributed by atoms with Gasteiger partial charge in [0.25, 0.3) is 0 Å². The highest BCUT2D eigenvalue weighted by atomic mass is 16.1. The zero-order valence-electron chi connectivity index (χ0n) is 11.3. The molecule has 2 bridgehead atoms. The predicted molar refractivity (Wildman–Crippen MR) is 77.4 cm³/mol. The number of carbonyl (C=O) groups excluding carboxylic acids is 1. The molecule has 4 atom stereocenters. The lowest BCUT2D eigenvalue weighted by Crippen LogP contribution is -2.10. The highest BCUT2D eigenvalue weighted by Crippen LogP contribution is 2.70. The van der Waals surface area contributed by atoms with Gasteiger partial charge < -0.3 is 0 Å². The Bertz CT molecular complexity index is 701. The molecule has 0 saturated heterocycles. The van der Waals surface area contributed by atoms with E-state index in [1.54, 1.807) is 6.20 Å². The van der Waals surface area contributed by atoms with Crippen LogP contribution in [0.3, 0.4) is 0 Å². The van der Waals surface area contributed by atoms with Crippen LogP contribution in [0.1, 0.15) is 29.6 Å². The molecule has 2 nitrogen and oxygen atoms in total. The Kier molecular flexibility index (Phi) is 2.03. The third kappa shape index (κ3) is 1.29. The second kappa shape index (κ2) is 3.69. The topological polar surface area (TPSA) is 30.0 Å². The normalized spacial score (nSPS) is 37.1. The van der Waals surface area contributed by atoms with Gasteiger partial charge in [0.2, 0.25) is 0 Å². The molecule has 3 aliphatic carbocycles. The largest absolute Gasteiger partial charge is 0.294 e. The number of nitrogens with zero attached hydrogens (tertiary/aromatic N) is 1. The summed E-state index contributed by atoms with van der Waals surface area (Å²) in [5, 5.41) is 1.03. The summed E-state index contributed by atoms with van der Waals surface area (Å²) in [5.74, 6) is 3.85. The molecule has 1 aromatic heterocycles. The third-order valence-electron chi connectivity index (χ3n) is 5.95. The maximum atomic E-state index is 12.9. The molecule has 0 N–H and O–H groups in total. The maximum Gasteiger partial charge on any atom is 0.167 e. The van der Waals surface area contributed by atoms with Gasteiger partial charge in [0.05, 0.1) is 5.52 Å². The Morgan fingerprint density at radius 2 is 1.85 bits per heavy atom. The summed E-state index contributed by atoms with van der Waals surface area (Å²) in [7, 11) is 0. The zero-order valence-corrected chi connectivity index (χ0v) is 11.3. The van der Waals surface area contributed by atoms with Crippen molar-refractivity contribution in [1.29, 1.82) is 0 Å². The Labute approximate surface area is 118 Å². The molecule has 1 heterocycles. The van der Waals surface area contributed by atoms with E-state index in [4.69, 9.17) is 0 Å². The first-order chi connectivity index (χ1) is 9.84. The standard InChI is InChI=1S/C18H17NO/c20-18(17-15-10-6-7-11(9-10)16(15)17)13-3-1-5-14-12(13)4-2-8-19-14/h1-5,8,10-11,15-17H,6-7,9H2. The molecule has 3 aliphatic rings. The van der Waals surface area contributed by atoms with Crippen LogP contribution < -0.4 is 0 Å². The molecule has 0 amide bonds. The van der Waals surface area contributed by atoms with Crippen LogP contribution in [0.5, 0.6) is 0 Å². The zero-order chi connectivity index (χ0) is 13.3. The van der Waals surface area contributed by atoms with E-state index < -0.39 is 0 Å². The first-order valence-electron chi connectivity index (χ1n) is 7.72. The van der Waals surface area contributed by atoms with E-state index in [1.807, 2.05) is 30.3 Å². The van der Waals surface area contributed by atoms with Gasteiger partial charge in [0.1, 0.15) is 0 Å². The van der Waals surface area contributed by atoms with E-state index in [-0.39, 0.29) is 0 Å². The number of ketones is 1. The number of benzene rings is 1. The van der Waals surface area contributed by atoms with Gasteiger partial charge in [-0.2, -0.15) is 0 Å². The molecular weight excluding hydrogens is 246 g/mol. The third-order valence-corrected chi connectivity index (χ3v) is 5.95. The van der Waals surface area contributed by atoms with Crippen LogP contribution in [0.2, 0.25) is 0 Å². The van der Waals surface area contributed by atoms with Crippen molar-refractivity contribution in [2.24, 2.45) is 29.6 Å². The summed E-state index contributed by atoms with van der Waals surface area (Å²) < 4.78 is 0. The van der Waals surface area contributed by atoms with Gasteiger partial charge in [0, 0.05) is 23.1 Å². The van der Waals surface area contributed by atoms with Crippen LogP contribution in [-0.4, -0.2) is 10.8 Å². The number of aromatic nitrogens is 1. The van der Waals surface area contributed by atoms with Gasteiger partial charge in [-0.3, -0.25) is 9.78 Å². The molecule has 20 heavy (non-hydrogen) atoms. The van der Waals surface area contributed by atoms with Crippen molar-refractivity contribution >= 4 is 16.7 Å². The second-order valence-electron chi connectivity index (χ2n) is 6.75. The van der Waals surface area contributed by atoms with Crippen molar-refractivity contribution in [3.8, 4) is 0 Å². The molecule has 100 valence electrons.